The molecule has 1 aromatic carbocycles. The Morgan fingerprint density at radius 3 is 2.44 bits per heavy atom. The van der Waals surface area contributed by atoms with Crippen LogP contribution < -0.4 is 4.90 Å². The Bertz CT molecular complexity index is 972. The zero-order chi connectivity index (χ0) is 22.2. The second kappa shape index (κ2) is 8.86. The Hall–Kier alpha value is -2.40. The van der Waals surface area contributed by atoms with Crippen LogP contribution in [-0.4, -0.2) is 60.0 Å². The number of rotatable bonds is 4. The summed E-state index contributed by atoms with van der Waals surface area (Å²) < 4.78 is 0. The average Bonchev–Trinajstić information content (AvgIpc) is 3.16. The Morgan fingerprint density at radius 1 is 1.00 bits per heavy atom. The summed E-state index contributed by atoms with van der Waals surface area (Å²) in [6.07, 6.45) is 8.48. The molecule has 5 rings (SSSR count). The molecule has 1 saturated heterocycles. The van der Waals surface area contributed by atoms with Crippen LogP contribution in [0.5, 0.6) is 0 Å². The number of carbonyl (C=O) groups excluding carboxylic acids is 1. The van der Waals surface area contributed by atoms with E-state index in [2.05, 4.69) is 59.9 Å². The third-order valence-corrected chi connectivity index (χ3v) is 7.96. The molecule has 1 atom stereocenters. The van der Waals surface area contributed by atoms with Gasteiger partial charge in [0, 0.05) is 56.1 Å². The standard InChI is InChI=1S/C27H36N4O/c1-19-15-23(22-9-10-25(28-17-22)30-13-11-29(3)12-14-30)16-24-18-31(27(32)26(19)24)20(2)21-7-5-4-6-8-21/h9-10,15-17,20-21H,4-8,11-14,18H2,1-3H3/t20-/m1/s1. The SMILES string of the molecule is Cc1cc(-c2ccc(N3CCN(C)CC3)nc2)cc2c1C(=O)N([C@H](C)C1CCCCC1)C2. The molecule has 0 spiro atoms. The van der Waals surface area contributed by atoms with Crippen molar-refractivity contribution >= 4 is 11.7 Å². The van der Waals surface area contributed by atoms with Crippen LogP contribution in [0.25, 0.3) is 11.1 Å². The van der Waals surface area contributed by atoms with Crippen molar-refractivity contribution < 1.29 is 4.79 Å². The molecule has 0 radical (unpaired) electrons. The largest absolute Gasteiger partial charge is 0.354 e. The Kier molecular flexibility index (Phi) is 5.93. The molecule has 2 fully saturated rings. The summed E-state index contributed by atoms with van der Waals surface area (Å²) in [7, 11) is 2.17. The Balaban J connectivity index is 1.35. The van der Waals surface area contributed by atoms with Crippen LogP contribution in [0, 0.1) is 12.8 Å². The number of aromatic nitrogens is 1. The van der Waals surface area contributed by atoms with Crippen LogP contribution >= 0.6 is 0 Å². The van der Waals surface area contributed by atoms with Gasteiger partial charge in [0.05, 0.1) is 0 Å². The van der Waals surface area contributed by atoms with E-state index < -0.39 is 0 Å². The van der Waals surface area contributed by atoms with Crippen molar-refractivity contribution in [2.75, 3.05) is 38.1 Å². The van der Waals surface area contributed by atoms with Gasteiger partial charge in [0.25, 0.3) is 5.91 Å². The van der Waals surface area contributed by atoms with Crippen molar-refractivity contribution in [1.82, 2.24) is 14.8 Å². The van der Waals surface area contributed by atoms with Gasteiger partial charge >= 0.3 is 0 Å². The van der Waals surface area contributed by atoms with Gasteiger partial charge in [0.1, 0.15) is 5.82 Å². The van der Waals surface area contributed by atoms with E-state index in [0.717, 1.165) is 55.2 Å². The maximum atomic E-state index is 13.3. The fraction of sp³-hybridized carbons (Fsp3) is 0.556. The number of fused-ring (bicyclic) bond motifs is 1. The molecule has 2 aliphatic heterocycles. The van der Waals surface area contributed by atoms with Crippen molar-refractivity contribution in [3.63, 3.8) is 0 Å². The topological polar surface area (TPSA) is 39.7 Å². The maximum absolute atomic E-state index is 13.3. The van der Waals surface area contributed by atoms with Gasteiger partial charge in [-0.1, -0.05) is 25.3 Å². The molecule has 3 aliphatic rings. The third kappa shape index (κ3) is 4.03. The molecule has 1 aromatic heterocycles. The number of piperazine rings is 1. The molecule has 1 amide bonds. The number of hydrogen-bond donors (Lipinski definition) is 0. The molecule has 3 heterocycles. The number of anilines is 1. The fourth-order valence-electron chi connectivity index (χ4n) is 5.84. The summed E-state index contributed by atoms with van der Waals surface area (Å²) in [5, 5.41) is 0. The van der Waals surface area contributed by atoms with E-state index in [1.807, 2.05) is 6.20 Å². The Morgan fingerprint density at radius 2 is 1.75 bits per heavy atom. The molecule has 5 nitrogen and oxygen atoms in total. The summed E-state index contributed by atoms with van der Waals surface area (Å²) in [5.74, 6) is 1.93. The number of likely N-dealkylation sites (N-methyl/N-ethyl adjacent to an activating group) is 1. The van der Waals surface area contributed by atoms with Gasteiger partial charge in [-0.3, -0.25) is 4.79 Å². The van der Waals surface area contributed by atoms with Crippen LogP contribution in [0.15, 0.2) is 30.5 Å². The molecule has 1 saturated carbocycles. The monoisotopic (exact) mass is 432 g/mol. The van der Waals surface area contributed by atoms with E-state index in [4.69, 9.17) is 4.98 Å². The predicted molar refractivity (Wildman–Crippen MR) is 130 cm³/mol. The van der Waals surface area contributed by atoms with Gasteiger partial charge in [-0.05, 0) is 74.5 Å². The highest BCUT2D eigenvalue weighted by Gasteiger charge is 2.35. The molecule has 5 heteroatoms. The first-order valence-electron chi connectivity index (χ1n) is 12.4. The highest BCUT2D eigenvalue weighted by molar-refractivity contribution is 6.00. The average molecular weight is 433 g/mol. The van der Waals surface area contributed by atoms with E-state index in [1.54, 1.807) is 0 Å². The minimum absolute atomic E-state index is 0.227. The van der Waals surface area contributed by atoms with Gasteiger partial charge < -0.3 is 14.7 Å². The first kappa shape index (κ1) is 21.4. The third-order valence-electron chi connectivity index (χ3n) is 7.96. The maximum Gasteiger partial charge on any atom is 0.255 e. The first-order chi connectivity index (χ1) is 15.5. The van der Waals surface area contributed by atoms with E-state index in [-0.39, 0.29) is 5.91 Å². The van der Waals surface area contributed by atoms with Crippen LogP contribution in [0.4, 0.5) is 5.82 Å². The number of nitrogens with zero attached hydrogens (tertiary/aromatic N) is 4. The van der Waals surface area contributed by atoms with Crippen LogP contribution in [0.3, 0.4) is 0 Å². The van der Waals surface area contributed by atoms with Crippen molar-refractivity contribution in [3.8, 4) is 11.1 Å². The molecule has 0 bridgehead atoms. The lowest BCUT2D eigenvalue weighted by Gasteiger charge is -2.34. The highest BCUT2D eigenvalue weighted by atomic mass is 16.2. The second-order valence-corrected chi connectivity index (χ2v) is 10.1. The molecule has 32 heavy (non-hydrogen) atoms. The lowest BCUT2D eigenvalue weighted by molar-refractivity contribution is 0.0623. The van der Waals surface area contributed by atoms with Gasteiger partial charge in [0.2, 0.25) is 0 Å². The zero-order valence-electron chi connectivity index (χ0n) is 19.8. The van der Waals surface area contributed by atoms with E-state index >= 15 is 0 Å². The summed E-state index contributed by atoms with van der Waals surface area (Å²) in [6.45, 7) is 9.30. The normalized spacial score (nSPS) is 21.2. The van der Waals surface area contributed by atoms with Crippen molar-refractivity contribution in [1.29, 1.82) is 0 Å². The minimum atomic E-state index is 0.227. The van der Waals surface area contributed by atoms with Crippen LogP contribution in [-0.2, 0) is 6.54 Å². The quantitative estimate of drug-likeness (QED) is 0.700. The lowest BCUT2D eigenvalue weighted by atomic mass is 9.84. The molecule has 170 valence electrons. The predicted octanol–water partition coefficient (Wildman–Crippen LogP) is 4.73. The first-order valence-corrected chi connectivity index (χ1v) is 12.4. The molecule has 0 unspecified atom stereocenters. The molecule has 1 aliphatic carbocycles. The number of carbonyl (C=O) groups is 1. The van der Waals surface area contributed by atoms with Crippen LogP contribution in [0.2, 0.25) is 0 Å². The van der Waals surface area contributed by atoms with E-state index in [9.17, 15) is 4.79 Å². The Labute approximate surface area is 192 Å². The molecule has 0 N–H and O–H groups in total. The van der Waals surface area contributed by atoms with Crippen molar-refractivity contribution in [3.05, 3.63) is 47.2 Å². The fourth-order valence-corrected chi connectivity index (χ4v) is 5.84. The molecular weight excluding hydrogens is 396 g/mol. The highest BCUT2D eigenvalue weighted by Crippen LogP contribution is 2.36. The van der Waals surface area contributed by atoms with Gasteiger partial charge in [-0.25, -0.2) is 4.98 Å². The van der Waals surface area contributed by atoms with Crippen molar-refractivity contribution in [2.45, 2.75) is 58.5 Å². The summed E-state index contributed by atoms with van der Waals surface area (Å²) in [4.78, 5) is 24.9. The zero-order valence-corrected chi connectivity index (χ0v) is 19.8. The van der Waals surface area contributed by atoms with Crippen LogP contribution in [0.1, 0.15) is 60.5 Å². The summed E-state index contributed by atoms with van der Waals surface area (Å²) in [6, 6.07) is 9.04. The second-order valence-electron chi connectivity index (χ2n) is 10.1. The lowest BCUT2D eigenvalue weighted by Crippen LogP contribution is -2.44. The number of pyridine rings is 1. The van der Waals surface area contributed by atoms with E-state index in [1.165, 1.54) is 43.2 Å². The number of benzene rings is 1. The minimum Gasteiger partial charge on any atom is -0.354 e. The number of amides is 1. The van der Waals surface area contributed by atoms with Crippen molar-refractivity contribution in [2.24, 2.45) is 5.92 Å². The van der Waals surface area contributed by atoms with Gasteiger partial charge in [-0.15, -0.1) is 0 Å². The summed E-state index contributed by atoms with van der Waals surface area (Å²) >= 11 is 0. The molecule has 2 aromatic rings. The molecular formula is C27H36N4O. The summed E-state index contributed by atoms with van der Waals surface area (Å²) in [5.41, 5.74) is 5.48. The smallest absolute Gasteiger partial charge is 0.255 e. The van der Waals surface area contributed by atoms with Gasteiger partial charge in [0.15, 0.2) is 0 Å². The number of aryl methyl sites for hydroxylation is 1. The van der Waals surface area contributed by atoms with Gasteiger partial charge in [-0.2, -0.15) is 0 Å². The number of hydrogen-bond acceptors (Lipinski definition) is 4. The van der Waals surface area contributed by atoms with E-state index in [0.29, 0.717) is 12.0 Å².